The van der Waals surface area contributed by atoms with Gasteiger partial charge in [0.1, 0.15) is 0 Å². The lowest BCUT2D eigenvalue weighted by Crippen LogP contribution is -2.48. The fourth-order valence-corrected chi connectivity index (χ4v) is 2.25. The van der Waals surface area contributed by atoms with Gasteiger partial charge in [0.05, 0.1) is 0 Å². The Bertz CT molecular complexity index is 152. The van der Waals surface area contributed by atoms with Gasteiger partial charge in [-0.2, -0.15) is 0 Å². The third kappa shape index (κ3) is 3.95. The molecule has 0 spiro atoms. The molecule has 0 radical (unpaired) electrons. The van der Waals surface area contributed by atoms with Crippen LogP contribution in [0.3, 0.4) is 0 Å². The van der Waals surface area contributed by atoms with Crippen LogP contribution in [0.25, 0.3) is 0 Å². The van der Waals surface area contributed by atoms with Crippen LogP contribution < -0.4 is 5.32 Å². The van der Waals surface area contributed by atoms with Crippen molar-refractivity contribution in [3.63, 3.8) is 0 Å². The third-order valence-corrected chi connectivity index (χ3v) is 2.95. The first-order valence-corrected chi connectivity index (χ1v) is 5.82. The molecule has 1 aliphatic rings. The summed E-state index contributed by atoms with van der Waals surface area (Å²) < 4.78 is 0. The van der Waals surface area contributed by atoms with Crippen LogP contribution in [0.5, 0.6) is 0 Å². The van der Waals surface area contributed by atoms with Gasteiger partial charge in [-0.25, -0.2) is 0 Å². The molecule has 84 valence electrons. The largest absolute Gasteiger partial charge is 0.396 e. The van der Waals surface area contributed by atoms with Crippen LogP contribution in [0.4, 0.5) is 0 Å². The summed E-state index contributed by atoms with van der Waals surface area (Å²) in [4.78, 5) is 2.50. The molecule has 0 aromatic rings. The maximum atomic E-state index is 8.70. The number of likely N-dealkylation sites (N-methyl/N-ethyl adjacent to an activating group) is 1. The first kappa shape index (κ1) is 12.0. The van der Waals surface area contributed by atoms with Crippen LogP contribution in [0.15, 0.2) is 0 Å². The van der Waals surface area contributed by atoms with Crippen molar-refractivity contribution in [2.75, 3.05) is 32.8 Å². The molecular weight excluding hydrogens is 176 g/mol. The summed E-state index contributed by atoms with van der Waals surface area (Å²) >= 11 is 0. The van der Waals surface area contributed by atoms with Gasteiger partial charge in [-0.1, -0.05) is 13.8 Å². The van der Waals surface area contributed by atoms with E-state index < -0.39 is 0 Å². The number of piperidine rings is 1. The van der Waals surface area contributed by atoms with Crippen molar-refractivity contribution in [3.05, 3.63) is 0 Å². The van der Waals surface area contributed by atoms with Gasteiger partial charge >= 0.3 is 0 Å². The minimum Gasteiger partial charge on any atom is -0.396 e. The molecule has 0 aromatic carbocycles. The third-order valence-electron chi connectivity index (χ3n) is 2.95. The zero-order valence-corrected chi connectivity index (χ0v) is 9.50. The summed E-state index contributed by atoms with van der Waals surface area (Å²) in [6, 6.07) is 0.630. The van der Waals surface area contributed by atoms with Gasteiger partial charge in [0.25, 0.3) is 0 Å². The number of aliphatic hydroxyl groups excluding tert-OH is 1. The second kappa shape index (κ2) is 6.38. The lowest BCUT2D eigenvalue weighted by molar-refractivity contribution is 0.154. The van der Waals surface area contributed by atoms with Crippen molar-refractivity contribution < 1.29 is 5.11 Å². The van der Waals surface area contributed by atoms with Crippen LogP contribution in [0, 0.1) is 5.92 Å². The van der Waals surface area contributed by atoms with Gasteiger partial charge in [-0.3, -0.25) is 0 Å². The maximum Gasteiger partial charge on any atom is 0.0443 e. The molecule has 1 aliphatic heterocycles. The molecule has 2 unspecified atom stereocenters. The Morgan fingerprint density at radius 3 is 2.86 bits per heavy atom. The quantitative estimate of drug-likeness (QED) is 0.641. The van der Waals surface area contributed by atoms with E-state index >= 15 is 0 Å². The van der Waals surface area contributed by atoms with E-state index in [4.69, 9.17) is 5.11 Å². The van der Waals surface area contributed by atoms with E-state index in [-0.39, 0.29) is 0 Å². The number of rotatable bonds is 5. The Kier molecular flexibility index (Phi) is 5.45. The number of hydrogen-bond acceptors (Lipinski definition) is 3. The Morgan fingerprint density at radius 2 is 2.21 bits per heavy atom. The smallest absolute Gasteiger partial charge is 0.0443 e. The van der Waals surface area contributed by atoms with Crippen LogP contribution in [-0.2, 0) is 0 Å². The summed E-state index contributed by atoms with van der Waals surface area (Å²) in [5.41, 5.74) is 0. The van der Waals surface area contributed by atoms with Crippen molar-refractivity contribution in [2.45, 2.75) is 32.7 Å². The van der Waals surface area contributed by atoms with E-state index in [1.54, 1.807) is 0 Å². The maximum absolute atomic E-state index is 8.70. The molecule has 2 atom stereocenters. The lowest BCUT2D eigenvalue weighted by atomic mass is 9.96. The van der Waals surface area contributed by atoms with Gasteiger partial charge in [0.15, 0.2) is 0 Å². The van der Waals surface area contributed by atoms with E-state index in [0.29, 0.717) is 12.6 Å². The van der Waals surface area contributed by atoms with E-state index in [0.717, 1.165) is 25.4 Å². The van der Waals surface area contributed by atoms with Crippen LogP contribution in [-0.4, -0.2) is 48.8 Å². The van der Waals surface area contributed by atoms with E-state index in [1.165, 1.54) is 19.5 Å². The number of hydrogen-bond donors (Lipinski definition) is 2. The van der Waals surface area contributed by atoms with Crippen LogP contribution >= 0.6 is 0 Å². The van der Waals surface area contributed by atoms with Crippen molar-refractivity contribution in [1.29, 1.82) is 0 Å². The summed E-state index contributed by atoms with van der Waals surface area (Å²) in [7, 11) is 0. The Balaban J connectivity index is 2.23. The SMILES string of the molecule is CCN1CC(C)CC(NCCCO)C1. The van der Waals surface area contributed by atoms with E-state index in [9.17, 15) is 0 Å². The Hall–Kier alpha value is -0.120. The molecule has 14 heavy (non-hydrogen) atoms. The van der Waals surface area contributed by atoms with Gasteiger partial charge in [0, 0.05) is 25.7 Å². The highest BCUT2D eigenvalue weighted by Crippen LogP contribution is 2.15. The van der Waals surface area contributed by atoms with Crippen molar-refractivity contribution >= 4 is 0 Å². The van der Waals surface area contributed by atoms with Gasteiger partial charge < -0.3 is 15.3 Å². The van der Waals surface area contributed by atoms with E-state index in [1.807, 2.05) is 0 Å². The molecule has 3 heteroatoms. The molecule has 0 amide bonds. The monoisotopic (exact) mass is 200 g/mol. The first-order valence-electron chi connectivity index (χ1n) is 5.82. The summed E-state index contributed by atoms with van der Waals surface area (Å²) in [5, 5.41) is 12.2. The molecule has 1 saturated heterocycles. The average Bonchev–Trinajstić information content (AvgIpc) is 2.17. The molecule has 1 fully saturated rings. The summed E-state index contributed by atoms with van der Waals surface area (Å²) in [5.74, 6) is 0.801. The van der Waals surface area contributed by atoms with Crippen molar-refractivity contribution in [3.8, 4) is 0 Å². The van der Waals surface area contributed by atoms with Crippen LogP contribution in [0.1, 0.15) is 26.7 Å². The number of nitrogens with one attached hydrogen (secondary N) is 1. The molecule has 1 heterocycles. The second-order valence-electron chi connectivity index (χ2n) is 4.42. The standard InChI is InChI=1S/C11H24N2O/c1-3-13-8-10(2)7-11(9-13)12-5-4-6-14/h10-12,14H,3-9H2,1-2H3. The van der Waals surface area contributed by atoms with E-state index in [2.05, 4.69) is 24.1 Å². The topological polar surface area (TPSA) is 35.5 Å². The number of aliphatic hydroxyl groups is 1. The molecule has 2 N–H and O–H groups in total. The number of nitrogens with zero attached hydrogens (tertiary/aromatic N) is 1. The Morgan fingerprint density at radius 1 is 1.43 bits per heavy atom. The van der Waals surface area contributed by atoms with Crippen LogP contribution in [0.2, 0.25) is 0 Å². The summed E-state index contributed by atoms with van der Waals surface area (Å²) in [6.07, 6.45) is 2.15. The minimum absolute atomic E-state index is 0.298. The highest BCUT2D eigenvalue weighted by Gasteiger charge is 2.22. The zero-order valence-electron chi connectivity index (χ0n) is 9.50. The molecular formula is C11H24N2O. The fraction of sp³-hybridized carbons (Fsp3) is 1.00. The fourth-order valence-electron chi connectivity index (χ4n) is 2.25. The summed E-state index contributed by atoms with van der Waals surface area (Å²) in [6.45, 7) is 9.37. The minimum atomic E-state index is 0.298. The van der Waals surface area contributed by atoms with Gasteiger partial charge in [0.2, 0.25) is 0 Å². The molecule has 0 saturated carbocycles. The molecule has 0 bridgehead atoms. The number of likely N-dealkylation sites (tertiary alicyclic amines) is 1. The molecule has 0 aromatic heterocycles. The highest BCUT2D eigenvalue weighted by atomic mass is 16.3. The predicted molar refractivity (Wildman–Crippen MR) is 59.4 cm³/mol. The highest BCUT2D eigenvalue weighted by molar-refractivity contribution is 4.80. The molecule has 1 rings (SSSR count). The van der Waals surface area contributed by atoms with Crippen molar-refractivity contribution in [1.82, 2.24) is 10.2 Å². The molecule has 3 nitrogen and oxygen atoms in total. The lowest BCUT2D eigenvalue weighted by Gasteiger charge is -2.36. The first-order chi connectivity index (χ1) is 6.76. The predicted octanol–water partition coefficient (Wildman–Crippen LogP) is 0.689. The van der Waals surface area contributed by atoms with Crippen molar-refractivity contribution in [2.24, 2.45) is 5.92 Å². The normalized spacial score (nSPS) is 29.4. The zero-order chi connectivity index (χ0) is 10.4. The van der Waals surface area contributed by atoms with Gasteiger partial charge in [-0.15, -0.1) is 0 Å². The molecule has 0 aliphatic carbocycles. The average molecular weight is 200 g/mol. The Labute approximate surface area is 87.5 Å². The second-order valence-corrected chi connectivity index (χ2v) is 4.42. The van der Waals surface area contributed by atoms with Gasteiger partial charge in [-0.05, 0) is 31.8 Å².